The highest BCUT2D eigenvalue weighted by molar-refractivity contribution is 5.83. The van der Waals surface area contributed by atoms with E-state index in [-0.39, 0.29) is 0 Å². The van der Waals surface area contributed by atoms with Crippen LogP contribution in [0, 0.1) is 6.07 Å². The van der Waals surface area contributed by atoms with Crippen LogP contribution in [0.4, 0.5) is 0 Å². The first-order valence-corrected chi connectivity index (χ1v) is 6.98. The van der Waals surface area contributed by atoms with Gasteiger partial charge in [0.1, 0.15) is 5.75 Å². The van der Waals surface area contributed by atoms with E-state index in [0.717, 1.165) is 25.2 Å². The van der Waals surface area contributed by atoms with Crippen molar-refractivity contribution < 1.29 is 4.74 Å². The number of ether oxygens (including phenoxy) is 1. The van der Waals surface area contributed by atoms with E-state index in [0.29, 0.717) is 0 Å². The quantitative estimate of drug-likeness (QED) is 0.607. The van der Waals surface area contributed by atoms with Gasteiger partial charge in [0.15, 0.2) is 0 Å². The molecule has 0 unspecified atom stereocenters. The maximum absolute atomic E-state index is 5.83. The van der Waals surface area contributed by atoms with Gasteiger partial charge in [-0.1, -0.05) is 48.5 Å². The molecular weight excluding hydrogens is 244 g/mol. The fourth-order valence-corrected chi connectivity index (χ4v) is 2.31. The number of rotatable bonds is 5. The normalized spacial score (nSPS) is 10.6. The van der Waals surface area contributed by atoms with Crippen molar-refractivity contribution in [2.75, 3.05) is 6.61 Å². The second kappa shape index (κ2) is 6.25. The van der Waals surface area contributed by atoms with Crippen molar-refractivity contribution in [2.24, 2.45) is 0 Å². The fourth-order valence-electron chi connectivity index (χ4n) is 2.31. The molecule has 0 spiro atoms. The Labute approximate surface area is 119 Å². The Hall–Kier alpha value is -2.28. The largest absolute Gasteiger partial charge is 0.494 e. The standard InChI is InChI=1S/C19H17O/c1-2-7-16(8-3-1)9-6-14-20-19-13-12-17-10-4-5-11-18(17)15-19/h1-3,5,7-8,10-13,15H,6,9,14H2. The molecule has 0 aliphatic heterocycles. The van der Waals surface area contributed by atoms with E-state index >= 15 is 0 Å². The molecule has 3 rings (SSSR count). The monoisotopic (exact) mass is 261 g/mol. The minimum atomic E-state index is 0.749. The number of fused-ring (bicyclic) bond motifs is 1. The lowest BCUT2D eigenvalue weighted by atomic mass is 10.1. The van der Waals surface area contributed by atoms with Crippen LogP contribution in [0.15, 0.2) is 66.7 Å². The van der Waals surface area contributed by atoms with Gasteiger partial charge in [0.25, 0.3) is 0 Å². The number of hydrogen-bond acceptors (Lipinski definition) is 1. The number of benzene rings is 3. The maximum atomic E-state index is 5.83. The fraction of sp³-hybridized carbons (Fsp3) is 0.158. The summed E-state index contributed by atoms with van der Waals surface area (Å²) < 4.78 is 5.83. The van der Waals surface area contributed by atoms with Crippen LogP contribution < -0.4 is 4.74 Å². The molecule has 99 valence electrons. The Bertz CT molecular complexity index is 673. The van der Waals surface area contributed by atoms with E-state index in [9.17, 15) is 0 Å². The average Bonchev–Trinajstić information content (AvgIpc) is 2.52. The summed E-state index contributed by atoms with van der Waals surface area (Å²) in [6, 6.07) is 25.8. The predicted molar refractivity (Wildman–Crippen MR) is 83.0 cm³/mol. The molecule has 0 N–H and O–H groups in total. The van der Waals surface area contributed by atoms with Crippen molar-refractivity contribution >= 4 is 10.8 Å². The van der Waals surface area contributed by atoms with Gasteiger partial charge in [-0.05, 0) is 53.4 Å². The van der Waals surface area contributed by atoms with Crippen LogP contribution in [0.3, 0.4) is 0 Å². The molecular formula is C19H17O. The Balaban J connectivity index is 1.55. The molecule has 1 radical (unpaired) electrons. The number of aryl methyl sites for hydroxylation is 1. The summed E-state index contributed by atoms with van der Waals surface area (Å²) in [7, 11) is 0. The molecule has 0 bridgehead atoms. The third-order valence-corrected chi connectivity index (χ3v) is 3.38. The highest BCUT2D eigenvalue weighted by Crippen LogP contribution is 2.20. The Morgan fingerprint density at radius 2 is 1.80 bits per heavy atom. The minimum Gasteiger partial charge on any atom is -0.494 e. The number of hydrogen-bond donors (Lipinski definition) is 0. The summed E-state index contributed by atoms with van der Waals surface area (Å²) in [5, 5.41) is 2.40. The van der Waals surface area contributed by atoms with Crippen molar-refractivity contribution in [3.63, 3.8) is 0 Å². The van der Waals surface area contributed by atoms with Crippen LogP contribution >= 0.6 is 0 Å². The van der Waals surface area contributed by atoms with E-state index in [1.807, 2.05) is 24.3 Å². The summed E-state index contributed by atoms with van der Waals surface area (Å²) >= 11 is 0. The second-order valence-electron chi connectivity index (χ2n) is 4.87. The lowest BCUT2D eigenvalue weighted by Gasteiger charge is -2.07. The van der Waals surface area contributed by atoms with Crippen molar-refractivity contribution in [3.05, 3.63) is 78.4 Å². The molecule has 0 aromatic heterocycles. The Morgan fingerprint density at radius 1 is 0.900 bits per heavy atom. The zero-order chi connectivity index (χ0) is 13.6. The zero-order valence-electron chi connectivity index (χ0n) is 11.4. The van der Waals surface area contributed by atoms with Crippen molar-refractivity contribution in [1.29, 1.82) is 0 Å². The van der Waals surface area contributed by atoms with Crippen molar-refractivity contribution in [1.82, 2.24) is 0 Å². The zero-order valence-corrected chi connectivity index (χ0v) is 11.4. The Morgan fingerprint density at radius 3 is 2.70 bits per heavy atom. The molecule has 0 fully saturated rings. The van der Waals surface area contributed by atoms with E-state index in [1.165, 1.54) is 16.3 Å². The molecule has 1 heteroatoms. The van der Waals surface area contributed by atoms with Crippen LogP contribution in [0.2, 0.25) is 0 Å². The van der Waals surface area contributed by atoms with Gasteiger partial charge in [0, 0.05) is 0 Å². The Kier molecular flexibility index (Phi) is 3.98. The molecule has 0 amide bonds. The van der Waals surface area contributed by atoms with Gasteiger partial charge in [-0.3, -0.25) is 0 Å². The summed E-state index contributed by atoms with van der Waals surface area (Å²) in [6.07, 6.45) is 2.09. The summed E-state index contributed by atoms with van der Waals surface area (Å²) in [6.45, 7) is 0.749. The average molecular weight is 261 g/mol. The van der Waals surface area contributed by atoms with Crippen LogP contribution in [0.1, 0.15) is 12.0 Å². The van der Waals surface area contributed by atoms with E-state index in [4.69, 9.17) is 4.74 Å². The molecule has 0 aliphatic rings. The predicted octanol–water partition coefficient (Wildman–Crippen LogP) is 4.65. The lowest BCUT2D eigenvalue weighted by molar-refractivity contribution is 0.311. The molecule has 0 saturated carbocycles. The van der Waals surface area contributed by atoms with Gasteiger partial charge < -0.3 is 4.74 Å². The topological polar surface area (TPSA) is 9.23 Å². The highest BCUT2D eigenvalue weighted by Gasteiger charge is 1.97. The lowest BCUT2D eigenvalue weighted by Crippen LogP contribution is -1.99. The summed E-state index contributed by atoms with van der Waals surface area (Å²) in [5.74, 6) is 0.941. The molecule has 20 heavy (non-hydrogen) atoms. The third-order valence-electron chi connectivity index (χ3n) is 3.38. The second-order valence-corrected chi connectivity index (χ2v) is 4.87. The van der Waals surface area contributed by atoms with Gasteiger partial charge in [0.05, 0.1) is 6.61 Å². The first-order valence-electron chi connectivity index (χ1n) is 6.98. The molecule has 0 heterocycles. The third kappa shape index (κ3) is 3.18. The van der Waals surface area contributed by atoms with E-state index < -0.39 is 0 Å². The highest BCUT2D eigenvalue weighted by atomic mass is 16.5. The van der Waals surface area contributed by atoms with Crippen LogP contribution in [0.5, 0.6) is 5.75 Å². The van der Waals surface area contributed by atoms with Crippen molar-refractivity contribution in [3.8, 4) is 5.75 Å². The van der Waals surface area contributed by atoms with E-state index in [1.54, 1.807) is 0 Å². The van der Waals surface area contributed by atoms with Gasteiger partial charge in [-0.15, -0.1) is 0 Å². The minimum absolute atomic E-state index is 0.749. The van der Waals surface area contributed by atoms with Gasteiger partial charge in [-0.25, -0.2) is 0 Å². The maximum Gasteiger partial charge on any atom is 0.119 e. The van der Waals surface area contributed by atoms with Crippen LogP contribution in [-0.4, -0.2) is 6.61 Å². The van der Waals surface area contributed by atoms with E-state index in [2.05, 4.69) is 48.5 Å². The first kappa shape index (κ1) is 12.7. The summed E-state index contributed by atoms with van der Waals surface area (Å²) in [5.41, 5.74) is 1.37. The van der Waals surface area contributed by atoms with Gasteiger partial charge in [0.2, 0.25) is 0 Å². The molecule has 3 aromatic carbocycles. The van der Waals surface area contributed by atoms with Crippen LogP contribution in [-0.2, 0) is 6.42 Å². The van der Waals surface area contributed by atoms with Gasteiger partial charge >= 0.3 is 0 Å². The molecule has 0 atom stereocenters. The summed E-state index contributed by atoms with van der Waals surface area (Å²) in [4.78, 5) is 0. The van der Waals surface area contributed by atoms with Gasteiger partial charge in [-0.2, -0.15) is 0 Å². The molecule has 1 nitrogen and oxygen atoms in total. The molecule has 0 saturated heterocycles. The van der Waals surface area contributed by atoms with Crippen molar-refractivity contribution in [2.45, 2.75) is 12.8 Å². The molecule has 0 aliphatic carbocycles. The van der Waals surface area contributed by atoms with Crippen LogP contribution in [0.25, 0.3) is 10.8 Å². The first-order chi connectivity index (χ1) is 9.92. The smallest absolute Gasteiger partial charge is 0.119 e. The SMILES string of the molecule is [c]1ccc2cc(OCCCc3ccccc3)ccc2c1. The molecule has 3 aromatic rings.